The third-order valence-electron chi connectivity index (χ3n) is 3.54. The number of hydrogen-bond acceptors (Lipinski definition) is 5. The number of nitrogens with one attached hydrogen (secondary N) is 2. The Bertz CT molecular complexity index is 709. The first-order valence-electron chi connectivity index (χ1n) is 8.81. The number of aliphatic imine (C=N–C) groups is 1. The highest BCUT2D eigenvalue weighted by Crippen LogP contribution is 2.16. The molecule has 2 N–H and O–H groups in total. The van der Waals surface area contributed by atoms with Crippen LogP contribution in [0, 0.1) is 0 Å². The average molecular weight is 528 g/mol. The number of rotatable bonds is 10. The molecule has 0 spiro atoms. The molecule has 0 aliphatic carbocycles. The summed E-state index contributed by atoms with van der Waals surface area (Å²) in [5.74, 6) is 2.25. The molecule has 0 radical (unpaired) electrons. The Morgan fingerprint density at radius 2 is 1.79 bits per heavy atom. The van der Waals surface area contributed by atoms with Crippen molar-refractivity contribution >= 4 is 40.0 Å². The molecule has 162 valence electrons. The summed E-state index contributed by atoms with van der Waals surface area (Å²) >= 11 is 0. The highest BCUT2D eigenvalue weighted by atomic mass is 127. The number of methoxy groups -OCH3 is 1. The second kappa shape index (κ2) is 12.3. The van der Waals surface area contributed by atoms with Crippen molar-refractivity contribution in [3.63, 3.8) is 0 Å². The molecule has 0 saturated carbocycles. The Labute approximate surface area is 186 Å². The van der Waals surface area contributed by atoms with Crippen molar-refractivity contribution in [2.75, 3.05) is 46.7 Å². The first kappa shape index (κ1) is 26.7. The first-order chi connectivity index (χ1) is 12.6. The number of benzene rings is 1. The summed E-state index contributed by atoms with van der Waals surface area (Å²) in [7, 11) is 0.242. The minimum atomic E-state index is -3.29. The smallest absolute Gasteiger partial charge is 0.209 e. The number of guanidine groups is 1. The molecule has 10 heteroatoms. The van der Waals surface area contributed by atoms with E-state index in [4.69, 9.17) is 9.47 Å². The fraction of sp³-hybridized carbons (Fsp3) is 0.611. The Morgan fingerprint density at radius 3 is 2.29 bits per heavy atom. The second-order valence-corrected chi connectivity index (χ2v) is 8.62. The van der Waals surface area contributed by atoms with Gasteiger partial charge in [0.2, 0.25) is 10.0 Å². The van der Waals surface area contributed by atoms with Gasteiger partial charge in [0.05, 0.1) is 26.5 Å². The number of ether oxygens (including phenoxy) is 2. The molecule has 0 saturated heterocycles. The van der Waals surface area contributed by atoms with E-state index in [2.05, 4.69) is 15.0 Å². The predicted molar refractivity (Wildman–Crippen MR) is 125 cm³/mol. The van der Waals surface area contributed by atoms with Gasteiger partial charge in [0.1, 0.15) is 18.1 Å². The van der Waals surface area contributed by atoms with Gasteiger partial charge in [-0.1, -0.05) is 0 Å². The van der Waals surface area contributed by atoms with Crippen LogP contribution < -0.4 is 19.5 Å². The van der Waals surface area contributed by atoms with Crippen molar-refractivity contribution in [3.05, 3.63) is 24.3 Å². The summed E-state index contributed by atoms with van der Waals surface area (Å²) < 4.78 is 36.4. The highest BCUT2D eigenvalue weighted by molar-refractivity contribution is 14.0. The van der Waals surface area contributed by atoms with Crippen LogP contribution in [-0.4, -0.2) is 71.5 Å². The molecule has 0 aromatic heterocycles. The number of sulfonamides is 1. The van der Waals surface area contributed by atoms with Crippen molar-refractivity contribution < 1.29 is 17.9 Å². The van der Waals surface area contributed by atoms with Gasteiger partial charge in [-0.15, -0.1) is 24.0 Å². The van der Waals surface area contributed by atoms with Crippen LogP contribution in [0.1, 0.15) is 20.8 Å². The fourth-order valence-electron chi connectivity index (χ4n) is 2.35. The van der Waals surface area contributed by atoms with Crippen molar-refractivity contribution in [2.24, 2.45) is 4.99 Å². The fourth-order valence-corrected chi connectivity index (χ4v) is 3.42. The molecule has 8 nitrogen and oxygen atoms in total. The molecular weight excluding hydrogens is 495 g/mol. The Balaban J connectivity index is 0.00000729. The maximum atomic E-state index is 11.5. The highest BCUT2D eigenvalue weighted by Gasteiger charge is 2.22. The first-order valence-corrected chi connectivity index (χ1v) is 10.7. The van der Waals surface area contributed by atoms with E-state index in [9.17, 15) is 8.42 Å². The number of halogens is 1. The van der Waals surface area contributed by atoms with Gasteiger partial charge < -0.3 is 19.7 Å². The lowest BCUT2D eigenvalue weighted by Gasteiger charge is -2.26. The number of likely N-dealkylation sites (N-methyl/N-ethyl adjacent to an activating group) is 1. The molecule has 0 heterocycles. The van der Waals surface area contributed by atoms with E-state index in [1.807, 2.05) is 43.1 Å². The summed E-state index contributed by atoms with van der Waals surface area (Å²) in [6.45, 7) is 7.71. The van der Waals surface area contributed by atoms with E-state index in [-0.39, 0.29) is 24.0 Å². The van der Waals surface area contributed by atoms with Crippen LogP contribution in [0.15, 0.2) is 29.3 Å². The molecule has 0 amide bonds. The molecule has 0 unspecified atom stereocenters. The summed E-state index contributed by atoms with van der Waals surface area (Å²) in [6, 6.07) is 7.41. The van der Waals surface area contributed by atoms with Gasteiger partial charge >= 0.3 is 0 Å². The van der Waals surface area contributed by atoms with Crippen LogP contribution >= 0.6 is 24.0 Å². The van der Waals surface area contributed by atoms with Crippen molar-refractivity contribution in [1.29, 1.82) is 0 Å². The van der Waals surface area contributed by atoms with Crippen LogP contribution in [-0.2, 0) is 10.0 Å². The molecule has 28 heavy (non-hydrogen) atoms. The van der Waals surface area contributed by atoms with Gasteiger partial charge in [0, 0.05) is 19.1 Å². The van der Waals surface area contributed by atoms with E-state index < -0.39 is 15.6 Å². The summed E-state index contributed by atoms with van der Waals surface area (Å²) in [5.41, 5.74) is -0.672. The van der Waals surface area contributed by atoms with Crippen LogP contribution in [0.4, 0.5) is 0 Å². The molecule has 0 aliphatic rings. The summed E-state index contributed by atoms with van der Waals surface area (Å²) in [5, 5.41) is 3.21. The van der Waals surface area contributed by atoms with E-state index in [0.717, 1.165) is 17.8 Å². The minimum Gasteiger partial charge on any atom is -0.497 e. The lowest BCUT2D eigenvalue weighted by molar-refractivity contribution is 0.280. The molecule has 1 aromatic rings. The number of hydrogen-bond donors (Lipinski definition) is 2. The monoisotopic (exact) mass is 528 g/mol. The molecule has 0 atom stereocenters. The van der Waals surface area contributed by atoms with Crippen LogP contribution in [0.2, 0.25) is 0 Å². The zero-order valence-corrected chi connectivity index (χ0v) is 20.6. The van der Waals surface area contributed by atoms with Crippen molar-refractivity contribution in [2.45, 2.75) is 26.3 Å². The van der Waals surface area contributed by atoms with E-state index >= 15 is 0 Å². The average Bonchev–Trinajstić information content (AvgIpc) is 2.57. The zero-order valence-electron chi connectivity index (χ0n) is 17.5. The van der Waals surface area contributed by atoms with Crippen LogP contribution in [0.25, 0.3) is 0 Å². The quantitative estimate of drug-likeness (QED) is 0.274. The molecule has 1 aromatic carbocycles. The third-order valence-corrected chi connectivity index (χ3v) is 4.46. The number of nitrogens with zero attached hydrogens (tertiary/aromatic N) is 2. The Hall–Kier alpha value is -1.27. The van der Waals surface area contributed by atoms with Gasteiger partial charge in [-0.05, 0) is 45.0 Å². The standard InChI is InChI=1S/C18H32N4O4S.HI/c1-7-19-17(20-14-18(2,3)21-27(6,23)24)22(4)12-13-26-16-10-8-15(25-5)9-11-16;/h8-11,21H,7,12-14H2,1-6H3,(H,19,20);1H. The Morgan fingerprint density at radius 1 is 1.21 bits per heavy atom. The third kappa shape index (κ3) is 10.9. The maximum absolute atomic E-state index is 11.5. The van der Waals surface area contributed by atoms with E-state index in [1.165, 1.54) is 0 Å². The molecular formula is C18H33IN4O4S. The molecule has 1 rings (SSSR count). The zero-order chi connectivity index (χ0) is 20.5. The topological polar surface area (TPSA) is 92.3 Å². The van der Waals surface area contributed by atoms with Crippen LogP contribution in [0.5, 0.6) is 11.5 Å². The van der Waals surface area contributed by atoms with Gasteiger partial charge in [-0.25, -0.2) is 13.1 Å². The van der Waals surface area contributed by atoms with Gasteiger partial charge in [-0.2, -0.15) is 0 Å². The molecule has 0 aliphatic heterocycles. The van der Waals surface area contributed by atoms with Crippen molar-refractivity contribution in [3.8, 4) is 11.5 Å². The normalized spacial score (nSPS) is 12.1. The maximum Gasteiger partial charge on any atom is 0.209 e. The van der Waals surface area contributed by atoms with Gasteiger partial charge in [0.25, 0.3) is 0 Å². The lowest BCUT2D eigenvalue weighted by Crippen LogP contribution is -2.47. The Kier molecular flexibility index (Phi) is 11.8. The van der Waals surface area contributed by atoms with E-state index in [0.29, 0.717) is 32.2 Å². The second-order valence-electron chi connectivity index (χ2n) is 6.87. The SMILES string of the molecule is CCNC(=NCC(C)(C)NS(C)(=O)=O)N(C)CCOc1ccc(OC)cc1.I. The van der Waals surface area contributed by atoms with Crippen LogP contribution in [0.3, 0.4) is 0 Å². The minimum absolute atomic E-state index is 0. The lowest BCUT2D eigenvalue weighted by atomic mass is 10.1. The van der Waals surface area contributed by atoms with E-state index in [1.54, 1.807) is 21.0 Å². The molecule has 0 bridgehead atoms. The largest absolute Gasteiger partial charge is 0.497 e. The molecule has 0 fully saturated rings. The van der Waals surface area contributed by atoms with Gasteiger partial charge in [-0.3, -0.25) is 4.99 Å². The summed E-state index contributed by atoms with van der Waals surface area (Å²) in [6.07, 6.45) is 1.15. The van der Waals surface area contributed by atoms with Gasteiger partial charge in [0.15, 0.2) is 5.96 Å². The van der Waals surface area contributed by atoms with Crippen molar-refractivity contribution in [1.82, 2.24) is 14.9 Å². The predicted octanol–water partition coefficient (Wildman–Crippen LogP) is 1.92. The summed E-state index contributed by atoms with van der Waals surface area (Å²) in [4.78, 5) is 6.50.